The number of hydrogen-bond donors (Lipinski definition) is 1. The number of unbranched alkanes of at least 4 members (excludes halogenated alkanes) is 2. The Kier molecular flexibility index (Phi) is 6.21. The van der Waals surface area contributed by atoms with E-state index < -0.39 is 4.92 Å². The molecule has 0 aliphatic heterocycles. The SMILES string of the molecule is C#CCCCCNc1ccc(C(=O)N(C)C)cc1[N+](=O)[O-]. The molecule has 0 unspecified atom stereocenters. The second kappa shape index (κ2) is 7.90. The fourth-order valence-corrected chi connectivity index (χ4v) is 1.80. The second-order valence-electron chi connectivity index (χ2n) is 4.78. The first-order valence-electron chi connectivity index (χ1n) is 6.64. The van der Waals surface area contributed by atoms with Crippen molar-refractivity contribution in [3.63, 3.8) is 0 Å². The Morgan fingerprint density at radius 3 is 2.71 bits per heavy atom. The molecule has 0 bridgehead atoms. The molecule has 0 saturated heterocycles. The maximum atomic E-state index is 11.8. The fourth-order valence-electron chi connectivity index (χ4n) is 1.80. The van der Waals surface area contributed by atoms with Crippen LogP contribution in [0.3, 0.4) is 0 Å². The summed E-state index contributed by atoms with van der Waals surface area (Å²) in [5.41, 5.74) is 0.611. The number of hydrogen-bond acceptors (Lipinski definition) is 4. The molecule has 0 fully saturated rings. The Bertz CT molecular complexity index is 562. The van der Waals surface area contributed by atoms with E-state index in [1.54, 1.807) is 26.2 Å². The molecule has 112 valence electrons. The molecular weight excluding hydrogens is 270 g/mol. The van der Waals surface area contributed by atoms with E-state index in [4.69, 9.17) is 6.42 Å². The van der Waals surface area contributed by atoms with E-state index in [1.807, 2.05) is 0 Å². The van der Waals surface area contributed by atoms with Crippen LogP contribution in [0.25, 0.3) is 0 Å². The zero-order valence-electron chi connectivity index (χ0n) is 12.3. The molecule has 0 aliphatic carbocycles. The number of nitro groups is 1. The van der Waals surface area contributed by atoms with Crippen LogP contribution in [0.1, 0.15) is 29.6 Å². The van der Waals surface area contributed by atoms with Crippen LogP contribution in [-0.4, -0.2) is 36.4 Å². The summed E-state index contributed by atoms with van der Waals surface area (Å²) in [5.74, 6) is 2.28. The van der Waals surface area contributed by atoms with Crippen LogP contribution in [0, 0.1) is 22.5 Å². The summed E-state index contributed by atoms with van der Waals surface area (Å²) in [4.78, 5) is 23.8. The number of nitrogens with one attached hydrogen (secondary N) is 1. The highest BCUT2D eigenvalue weighted by atomic mass is 16.6. The third-order valence-electron chi connectivity index (χ3n) is 2.91. The Balaban J connectivity index is 2.83. The maximum absolute atomic E-state index is 11.8. The Labute approximate surface area is 124 Å². The summed E-state index contributed by atoms with van der Waals surface area (Å²) in [5, 5.41) is 14.1. The van der Waals surface area contributed by atoms with Crippen LogP contribution in [0.2, 0.25) is 0 Å². The molecule has 6 heteroatoms. The van der Waals surface area contributed by atoms with Gasteiger partial charge in [-0.25, -0.2) is 0 Å². The van der Waals surface area contributed by atoms with Crippen LogP contribution < -0.4 is 5.32 Å². The second-order valence-corrected chi connectivity index (χ2v) is 4.78. The van der Waals surface area contributed by atoms with Crippen molar-refractivity contribution >= 4 is 17.3 Å². The standard InChI is InChI=1S/C15H19N3O3/c1-4-5-6-7-10-16-13-9-8-12(15(19)17(2)3)11-14(13)18(20)21/h1,8-9,11,16H,5-7,10H2,2-3H3. The van der Waals surface area contributed by atoms with Gasteiger partial charge in [-0.05, 0) is 25.0 Å². The van der Waals surface area contributed by atoms with Gasteiger partial charge in [-0.1, -0.05) is 0 Å². The lowest BCUT2D eigenvalue weighted by atomic mass is 10.1. The van der Waals surface area contributed by atoms with E-state index in [9.17, 15) is 14.9 Å². The van der Waals surface area contributed by atoms with Crippen molar-refractivity contribution in [2.75, 3.05) is 26.0 Å². The van der Waals surface area contributed by atoms with E-state index in [1.165, 1.54) is 11.0 Å². The monoisotopic (exact) mass is 289 g/mol. The van der Waals surface area contributed by atoms with Crippen molar-refractivity contribution in [3.05, 3.63) is 33.9 Å². The first-order valence-corrected chi connectivity index (χ1v) is 6.64. The molecule has 0 spiro atoms. The highest BCUT2D eigenvalue weighted by Crippen LogP contribution is 2.26. The zero-order chi connectivity index (χ0) is 15.8. The van der Waals surface area contributed by atoms with E-state index in [-0.39, 0.29) is 11.6 Å². The first-order chi connectivity index (χ1) is 9.97. The number of nitrogens with zero attached hydrogens (tertiary/aromatic N) is 2. The smallest absolute Gasteiger partial charge is 0.293 e. The average molecular weight is 289 g/mol. The fraction of sp³-hybridized carbons (Fsp3) is 0.400. The Hall–Kier alpha value is -2.55. The van der Waals surface area contributed by atoms with Gasteiger partial charge in [0.05, 0.1) is 4.92 Å². The lowest BCUT2D eigenvalue weighted by Crippen LogP contribution is -2.21. The molecule has 21 heavy (non-hydrogen) atoms. The maximum Gasteiger partial charge on any atom is 0.293 e. The number of benzene rings is 1. The van der Waals surface area contributed by atoms with Gasteiger partial charge >= 0.3 is 0 Å². The van der Waals surface area contributed by atoms with Crippen molar-refractivity contribution in [2.45, 2.75) is 19.3 Å². The molecule has 6 nitrogen and oxygen atoms in total. The van der Waals surface area contributed by atoms with Crippen molar-refractivity contribution in [1.29, 1.82) is 0 Å². The minimum absolute atomic E-state index is 0.0975. The minimum Gasteiger partial charge on any atom is -0.379 e. The zero-order valence-corrected chi connectivity index (χ0v) is 12.3. The number of nitro benzene ring substituents is 1. The Morgan fingerprint density at radius 2 is 2.14 bits per heavy atom. The molecule has 1 aromatic rings. The van der Waals surface area contributed by atoms with Crippen molar-refractivity contribution in [2.24, 2.45) is 0 Å². The summed E-state index contributed by atoms with van der Waals surface area (Å²) in [7, 11) is 3.21. The van der Waals surface area contributed by atoms with E-state index in [2.05, 4.69) is 11.2 Å². The number of carbonyl (C=O) groups is 1. The molecule has 0 radical (unpaired) electrons. The van der Waals surface area contributed by atoms with Crippen LogP contribution in [0.4, 0.5) is 11.4 Å². The van der Waals surface area contributed by atoms with Crippen LogP contribution in [0.15, 0.2) is 18.2 Å². The van der Waals surface area contributed by atoms with Gasteiger partial charge in [-0.2, -0.15) is 0 Å². The van der Waals surface area contributed by atoms with Gasteiger partial charge in [-0.3, -0.25) is 14.9 Å². The van der Waals surface area contributed by atoms with Crippen molar-refractivity contribution < 1.29 is 9.72 Å². The van der Waals surface area contributed by atoms with Gasteiger partial charge in [0.25, 0.3) is 11.6 Å². The number of amides is 1. The van der Waals surface area contributed by atoms with Crippen LogP contribution >= 0.6 is 0 Å². The number of terminal acetylenes is 1. The van der Waals surface area contributed by atoms with Crippen LogP contribution in [0.5, 0.6) is 0 Å². The van der Waals surface area contributed by atoms with Gasteiger partial charge in [-0.15, -0.1) is 12.3 Å². The quantitative estimate of drug-likeness (QED) is 0.362. The Morgan fingerprint density at radius 1 is 1.43 bits per heavy atom. The lowest BCUT2D eigenvalue weighted by molar-refractivity contribution is -0.384. The van der Waals surface area contributed by atoms with E-state index in [0.717, 1.165) is 12.8 Å². The predicted octanol–water partition coefficient (Wildman–Crippen LogP) is 2.51. The summed E-state index contributed by atoms with van der Waals surface area (Å²) >= 11 is 0. The van der Waals surface area contributed by atoms with Crippen LogP contribution in [-0.2, 0) is 0 Å². The van der Waals surface area contributed by atoms with Gasteiger partial charge in [0.1, 0.15) is 5.69 Å². The molecule has 0 aliphatic rings. The summed E-state index contributed by atoms with van der Waals surface area (Å²) in [6.45, 7) is 0.601. The predicted molar refractivity (Wildman–Crippen MR) is 82.3 cm³/mol. The molecule has 1 rings (SSSR count). The molecule has 0 heterocycles. The highest BCUT2D eigenvalue weighted by molar-refractivity contribution is 5.95. The normalized spacial score (nSPS) is 9.76. The average Bonchev–Trinajstić information content (AvgIpc) is 2.46. The third-order valence-corrected chi connectivity index (χ3v) is 2.91. The first kappa shape index (κ1) is 16.5. The van der Waals surface area contributed by atoms with Gasteiger partial charge in [0.15, 0.2) is 0 Å². The molecule has 0 aromatic heterocycles. The molecule has 0 atom stereocenters. The molecule has 1 N–H and O–H groups in total. The lowest BCUT2D eigenvalue weighted by Gasteiger charge is -2.12. The minimum atomic E-state index is -0.490. The van der Waals surface area contributed by atoms with E-state index in [0.29, 0.717) is 24.2 Å². The molecule has 1 aromatic carbocycles. The summed E-state index contributed by atoms with van der Waals surface area (Å²) in [6, 6.07) is 4.45. The van der Waals surface area contributed by atoms with Gasteiger partial charge in [0, 0.05) is 38.7 Å². The van der Waals surface area contributed by atoms with Crippen molar-refractivity contribution in [3.8, 4) is 12.3 Å². The van der Waals surface area contributed by atoms with E-state index >= 15 is 0 Å². The van der Waals surface area contributed by atoms with Crippen molar-refractivity contribution in [1.82, 2.24) is 4.90 Å². The van der Waals surface area contributed by atoms with Gasteiger partial charge in [0.2, 0.25) is 0 Å². The van der Waals surface area contributed by atoms with Gasteiger partial charge < -0.3 is 10.2 Å². The molecule has 1 amide bonds. The number of carbonyl (C=O) groups excluding carboxylic acids is 1. The highest BCUT2D eigenvalue weighted by Gasteiger charge is 2.18. The number of rotatable bonds is 7. The largest absolute Gasteiger partial charge is 0.379 e. The molecular formula is C15H19N3O3. The third kappa shape index (κ3) is 4.80. The summed E-state index contributed by atoms with van der Waals surface area (Å²) in [6.07, 6.45) is 7.56. The molecule has 0 saturated carbocycles. The summed E-state index contributed by atoms with van der Waals surface area (Å²) < 4.78 is 0. The topological polar surface area (TPSA) is 75.5 Å². The number of anilines is 1.